The number of para-hydroxylation sites is 3. The zero-order valence-electron chi connectivity index (χ0n) is 30.3. The van der Waals surface area contributed by atoms with Crippen molar-refractivity contribution in [3.63, 3.8) is 0 Å². The highest BCUT2D eigenvalue weighted by atomic mass is 15.0. The van der Waals surface area contributed by atoms with E-state index in [2.05, 4.69) is 177 Å². The lowest BCUT2D eigenvalue weighted by atomic mass is 9.96. The fourth-order valence-corrected chi connectivity index (χ4v) is 8.23. The number of rotatable bonds is 6. The van der Waals surface area contributed by atoms with Crippen LogP contribution in [-0.2, 0) is 0 Å². The fourth-order valence-electron chi connectivity index (χ4n) is 8.23. The summed E-state index contributed by atoms with van der Waals surface area (Å²) in [5.74, 6) is 0. The molecule has 0 aliphatic carbocycles. The Morgan fingerprint density at radius 3 is 1.52 bits per heavy atom. The molecule has 56 heavy (non-hydrogen) atoms. The van der Waals surface area contributed by atoms with Crippen LogP contribution in [-0.4, -0.2) is 24.1 Å². The third kappa shape index (κ3) is 5.29. The standard InChI is InChI=1S/C51H33N5/c1-2-12-40(13-3-1)56-49-19-7-5-15-43(49)45-32-39(33-54-51(45)56)35-22-25-50-44(31-35)42-14-4-6-18-48(42)55(50)41-23-20-34(21-24-41)36-28-37(46-16-8-10-26-52-46)30-38(29-36)47-17-9-11-27-53-47/h1-33H. The van der Waals surface area contributed by atoms with Crippen LogP contribution < -0.4 is 0 Å². The predicted octanol–water partition coefficient (Wildman–Crippen LogP) is 12.7. The van der Waals surface area contributed by atoms with Crippen LogP contribution in [0.15, 0.2) is 201 Å². The van der Waals surface area contributed by atoms with Gasteiger partial charge in [0, 0.05) is 68.2 Å². The molecule has 5 heterocycles. The van der Waals surface area contributed by atoms with Crippen LogP contribution in [0, 0.1) is 0 Å². The van der Waals surface area contributed by atoms with E-state index in [0.29, 0.717) is 0 Å². The molecule has 0 radical (unpaired) electrons. The molecule has 6 aromatic carbocycles. The van der Waals surface area contributed by atoms with E-state index in [1.165, 1.54) is 21.7 Å². The van der Waals surface area contributed by atoms with Crippen molar-refractivity contribution >= 4 is 43.7 Å². The van der Waals surface area contributed by atoms with Crippen molar-refractivity contribution in [3.8, 4) is 56.1 Å². The molecule has 0 N–H and O–H groups in total. The molecule has 5 aromatic heterocycles. The molecule has 11 rings (SSSR count). The van der Waals surface area contributed by atoms with Gasteiger partial charge in [-0.1, -0.05) is 84.9 Å². The minimum absolute atomic E-state index is 0.933. The molecule has 0 saturated carbocycles. The van der Waals surface area contributed by atoms with Crippen LogP contribution in [0.1, 0.15) is 0 Å². The van der Waals surface area contributed by atoms with E-state index < -0.39 is 0 Å². The lowest BCUT2D eigenvalue weighted by Crippen LogP contribution is -1.95. The monoisotopic (exact) mass is 715 g/mol. The van der Waals surface area contributed by atoms with Crippen molar-refractivity contribution in [2.75, 3.05) is 0 Å². The maximum atomic E-state index is 5.10. The molecule has 262 valence electrons. The Kier molecular flexibility index (Phi) is 7.42. The van der Waals surface area contributed by atoms with Crippen molar-refractivity contribution in [1.82, 2.24) is 24.1 Å². The van der Waals surface area contributed by atoms with Crippen LogP contribution in [0.2, 0.25) is 0 Å². The van der Waals surface area contributed by atoms with E-state index in [4.69, 9.17) is 4.98 Å². The molecule has 0 aliphatic heterocycles. The Hall–Kier alpha value is -7.63. The van der Waals surface area contributed by atoms with E-state index in [-0.39, 0.29) is 0 Å². The van der Waals surface area contributed by atoms with Crippen molar-refractivity contribution < 1.29 is 0 Å². The second-order valence-electron chi connectivity index (χ2n) is 14.1. The van der Waals surface area contributed by atoms with E-state index in [9.17, 15) is 0 Å². The van der Waals surface area contributed by atoms with Crippen molar-refractivity contribution in [2.45, 2.75) is 0 Å². The predicted molar refractivity (Wildman–Crippen MR) is 230 cm³/mol. The zero-order valence-corrected chi connectivity index (χ0v) is 30.3. The van der Waals surface area contributed by atoms with Gasteiger partial charge in [0.15, 0.2) is 0 Å². The van der Waals surface area contributed by atoms with Gasteiger partial charge in [-0.25, -0.2) is 4.98 Å². The number of benzene rings is 6. The van der Waals surface area contributed by atoms with E-state index in [1.54, 1.807) is 0 Å². The summed E-state index contributed by atoms with van der Waals surface area (Å²) in [7, 11) is 0. The molecule has 0 spiro atoms. The summed E-state index contributed by atoms with van der Waals surface area (Å²) in [6, 6.07) is 64.4. The molecule has 5 nitrogen and oxygen atoms in total. The molecule has 0 saturated heterocycles. The number of hydrogen-bond donors (Lipinski definition) is 0. The smallest absolute Gasteiger partial charge is 0.145 e. The first-order valence-corrected chi connectivity index (χ1v) is 18.8. The third-order valence-electron chi connectivity index (χ3n) is 10.8. The van der Waals surface area contributed by atoms with Gasteiger partial charge in [0.1, 0.15) is 5.65 Å². The third-order valence-corrected chi connectivity index (χ3v) is 10.8. The average Bonchev–Trinajstić information content (AvgIpc) is 3.79. The van der Waals surface area contributed by atoms with Crippen LogP contribution in [0.25, 0.3) is 99.9 Å². The normalized spacial score (nSPS) is 11.6. The maximum absolute atomic E-state index is 5.10. The van der Waals surface area contributed by atoms with Gasteiger partial charge in [0.2, 0.25) is 0 Å². The van der Waals surface area contributed by atoms with Gasteiger partial charge in [-0.3, -0.25) is 14.5 Å². The molecule has 0 amide bonds. The van der Waals surface area contributed by atoms with Gasteiger partial charge in [0.05, 0.1) is 27.9 Å². The largest absolute Gasteiger partial charge is 0.309 e. The van der Waals surface area contributed by atoms with Crippen molar-refractivity contribution in [3.05, 3.63) is 201 Å². The summed E-state index contributed by atoms with van der Waals surface area (Å²) >= 11 is 0. The Balaban J connectivity index is 1.01. The average molecular weight is 716 g/mol. The lowest BCUT2D eigenvalue weighted by Gasteiger charge is -2.12. The first-order chi connectivity index (χ1) is 27.8. The van der Waals surface area contributed by atoms with Crippen molar-refractivity contribution in [1.29, 1.82) is 0 Å². The van der Waals surface area contributed by atoms with Crippen LogP contribution >= 0.6 is 0 Å². The van der Waals surface area contributed by atoms with Gasteiger partial charge in [-0.2, -0.15) is 0 Å². The summed E-state index contributed by atoms with van der Waals surface area (Å²) in [6.45, 7) is 0. The minimum Gasteiger partial charge on any atom is -0.309 e. The van der Waals surface area contributed by atoms with Gasteiger partial charge in [-0.15, -0.1) is 0 Å². The van der Waals surface area contributed by atoms with E-state index >= 15 is 0 Å². The summed E-state index contributed by atoms with van der Waals surface area (Å²) in [4.78, 5) is 14.4. The minimum atomic E-state index is 0.933. The van der Waals surface area contributed by atoms with Gasteiger partial charge >= 0.3 is 0 Å². The fraction of sp³-hybridized carbons (Fsp3) is 0. The van der Waals surface area contributed by atoms with Crippen molar-refractivity contribution in [2.24, 2.45) is 0 Å². The number of hydrogen-bond acceptors (Lipinski definition) is 3. The zero-order chi connectivity index (χ0) is 37.0. The first kappa shape index (κ1) is 31.9. The van der Waals surface area contributed by atoms with E-state index in [1.807, 2.05) is 42.9 Å². The highest BCUT2D eigenvalue weighted by molar-refractivity contribution is 6.12. The summed E-state index contributed by atoms with van der Waals surface area (Å²) < 4.78 is 4.63. The number of fused-ring (bicyclic) bond motifs is 6. The second-order valence-corrected chi connectivity index (χ2v) is 14.1. The summed E-state index contributed by atoms with van der Waals surface area (Å²) in [5.41, 5.74) is 15.1. The summed E-state index contributed by atoms with van der Waals surface area (Å²) in [5, 5.41) is 4.75. The maximum Gasteiger partial charge on any atom is 0.145 e. The van der Waals surface area contributed by atoms with Crippen LogP contribution in [0.5, 0.6) is 0 Å². The van der Waals surface area contributed by atoms with Gasteiger partial charge in [0.25, 0.3) is 0 Å². The first-order valence-electron chi connectivity index (χ1n) is 18.8. The molecule has 11 aromatic rings. The quantitative estimate of drug-likeness (QED) is 0.172. The van der Waals surface area contributed by atoms with Crippen LogP contribution in [0.4, 0.5) is 0 Å². The van der Waals surface area contributed by atoms with Gasteiger partial charge < -0.3 is 4.57 Å². The molecular formula is C51H33N5. The molecule has 0 atom stereocenters. The molecule has 0 unspecified atom stereocenters. The molecule has 0 fully saturated rings. The van der Waals surface area contributed by atoms with Gasteiger partial charge in [-0.05, 0) is 114 Å². The Bertz CT molecular complexity index is 3160. The molecule has 0 aliphatic rings. The topological polar surface area (TPSA) is 48.5 Å². The molecule has 5 heteroatoms. The second kappa shape index (κ2) is 13.0. The number of pyridine rings is 3. The molecular weight excluding hydrogens is 683 g/mol. The summed E-state index contributed by atoms with van der Waals surface area (Å²) in [6.07, 6.45) is 5.70. The SMILES string of the molecule is c1ccc(-n2c3ccccc3c3cc(-c4ccc5c(c4)c4ccccc4n5-c4ccc(-c5cc(-c6ccccn6)cc(-c6ccccn6)c5)cc4)cnc32)cc1. The Morgan fingerprint density at radius 2 is 0.839 bits per heavy atom. The number of aromatic nitrogens is 5. The van der Waals surface area contributed by atoms with Crippen LogP contribution in [0.3, 0.4) is 0 Å². The molecule has 0 bridgehead atoms. The van der Waals surface area contributed by atoms with E-state index in [0.717, 1.165) is 78.2 Å². The lowest BCUT2D eigenvalue weighted by molar-refractivity contribution is 1.14. The highest BCUT2D eigenvalue weighted by Gasteiger charge is 2.17. The Morgan fingerprint density at radius 1 is 0.304 bits per heavy atom. The Labute approximate surface area is 323 Å². The number of nitrogens with zero attached hydrogens (tertiary/aromatic N) is 5. The highest BCUT2D eigenvalue weighted by Crippen LogP contribution is 2.38.